The van der Waals surface area contributed by atoms with Crippen molar-refractivity contribution in [2.24, 2.45) is 0 Å². The molecule has 20 heavy (non-hydrogen) atoms. The van der Waals surface area contributed by atoms with Gasteiger partial charge in [0.25, 0.3) is 0 Å². The van der Waals surface area contributed by atoms with Crippen molar-refractivity contribution in [3.63, 3.8) is 0 Å². The fourth-order valence-corrected chi connectivity index (χ4v) is 2.30. The van der Waals surface area contributed by atoms with Crippen LogP contribution in [0.1, 0.15) is 23.0 Å². The van der Waals surface area contributed by atoms with Crippen molar-refractivity contribution in [3.05, 3.63) is 35.3 Å². The van der Waals surface area contributed by atoms with Gasteiger partial charge in [-0.15, -0.1) is 0 Å². The number of ether oxygens (including phenoxy) is 2. The Kier molecular flexibility index (Phi) is 3.14. The van der Waals surface area contributed by atoms with E-state index in [9.17, 15) is 9.18 Å². The number of benzene rings is 1. The third-order valence-electron chi connectivity index (χ3n) is 3.17. The van der Waals surface area contributed by atoms with Crippen molar-refractivity contribution >= 4 is 5.97 Å². The number of halogens is 1. The van der Waals surface area contributed by atoms with Crippen LogP contribution in [-0.2, 0) is 11.2 Å². The molecule has 0 spiro atoms. The quantitative estimate of drug-likeness (QED) is 0.855. The molecule has 3 rings (SSSR count). The van der Waals surface area contributed by atoms with Crippen LogP contribution in [0.2, 0.25) is 0 Å². The van der Waals surface area contributed by atoms with E-state index < -0.39 is 11.8 Å². The lowest BCUT2D eigenvalue weighted by Crippen LogP contribution is -2.09. The fourth-order valence-electron chi connectivity index (χ4n) is 2.30. The molecule has 0 aliphatic carbocycles. The van der Waals surface area contributed by atoms with E-state index in [-0.39, 0.29) is 19.0 Å². The average molecular weight is 276 g/mol. The number of carbonyl (C=O) groups excluding carboxylic acids is 1. The van der Waals surface area contributed by atoms with E-state index in [1.54, 1.807) is 19.1 Å². The van der Waals surface area contributed by atoms with Gasteiger partial charge in [0.2, 0.25) is 0 Å². The van der Waals surface area contributed by atoms with Crippen molar-refractivity contribution in [2.75, 3.05) is 13.2 Å². The first kappa shape index (κ1) is 12.7. The Morgan fingerprint density at radius 1 is 1.55 bits per heavy atom. The zero-order valence-electron chi connectivity index (χ0n) is 10.9. The molecular weight excluding hydrogens is 263 g/mol. The minimum atomic E-state index is -0.457. The molecule has 2 aromatic rings. The number of carbonyl (C=O) groups is 1. The topological polar surface area (TPSA) is 64.2 Å². The number of nitrogens with zero attached hydrogens (tertiary/aromatic N) is 1. The number of aromatic nitrogens is 2. The first-order chi connectivity index (χ1) is 9.72. The summed E-state index contributed by atoms with van der Waals surface area (Å²) < 4.78 is 24.2. The van der Waals surface area contributed by atoms with Crippen molar-refractivity contribution in [1.29, 1.82) is 0 Å². The number of fused-ring (bicyclic) bond motifs is 3. The number of hydrogen-bond donors (Lipinski definition) is 1. The molecule has 0 atom stereocenters. The molecule has 0 saturated heterocycles. The summed E-state index contributed by atoms with van der Waals surface area (Å²) in [6.07, 6.45) is 0.466. The lowest BCUT2D eigenvalue weighted by atomic mass is 10.0. The van der Waals surface area contributed by atoms with Gasteiger partial charge in [-0.1, -0.05) is 6.07 Å². The summed E-state index contributed by atoms with van der Waals surface area (Å²) in [4.78, 5) is 11.9. The summed E-state index contributed by atoms with van der Waals surface area (Å²) in [5, 5.41) is 6.82. The molecule has 2 heterocycles. The highest BCUT2D eigenvalue weighted by Gasteiger charge is 2.26. The second-order valence-electron chi connectivity index (χ2n) is 4.36. The van der Waals surface area contributed by atoms with E-state index in [1.165, 1.54) is 6.07 Å². The van der Waals surface area contributed by atoms with Gasteiger partial charge in [-0.25, -0.2) is 9.18 Å². The lowest BCUT2D eigenvalue weighted by Gasteiger charge is -2.06. The number of aromatic amines is 1. The Morgan fingerprint density at radius 3 is 3.20 bits per heavy atom. The molecular formula is C14H13FN2O3. The Labute approximate surface area is 114 Å². The molecule has 1 aromatic carbocycles. The first-order valence-electron chi connectivity index (χ1n) is 6.38. The smallest absolute Gasteiger partial charge is 0.356 e. The van der Waals surface area contributed by atoms with Gasteiger partial charge >= 0.3 is 5.97 Å². The molecule has 1 aromatic heterocycles. The summed E-state index contributed by atoms with van der Waals surface area (Å²) in [5.74, 6) is -0.717. The molecule has 6 heteroatoms. The van der Waals surface area contributed by atoms with Crippen molar-refractivity contribution in [2.45, 2.75) is 13.3 Å². The normalized spacial score (nSPS) is 12.9. The fraction of sp³-hybridized carbons (Fsp3) is 0.286. The maximum absolute atomic E-state index is 13.8. The van der Waals surface area contributed by atoms with Crippen LogP contribution >= 0.6 is 0 Å². The highest BCUT2D eigenvalue weighted by molar-refractivity contribution is 5.91. The molecule has 1 N–H and O–H groups in total. The highest BCUT2D eigenvalue weighted by Crippen LogP contribution is 2.36. The summed E-state index contributed by atoms with van der Waals surface area (Å²) >= 11 is 0. The second-order valence-corrected chi connectivity index (χ2v) is 4.36. The van der Waals surface area contributed by atoms with Crippen LogP contribution in [0.3, 0.4) is 0 Å². The molecule has 0 bridgehead atoms. The number of nitrogens with one attached hydrogen (secondary N) is 1. The third-order valence-corrected chi connectivity index (χ3v) is 3.17. The molecule has 0 amide bonds. The zero-order valence-corrected chi connectivity index (χ0v) is 10.9. The van der Waals surface area contributed by atoms with Gasteiger partial charge in [0, 0.05) is 17.5 Å². The Balaban J connectivity index is 2.13. The van der Waals surface area contributed by atoms with E-state index in [0.717, 1.165) is 0 Å². The van der Waals surface area contributed by atoms with Gasteiger partial charge in [0.05, 0.1) is 13.2 Å². The molecule has 0 fully saturated rings. The molecule has 0 radical (unpaired) electrons. The molecule has 1 aliphatic heterocycles. The van der Waals surface area contributed by atoms with Crippen LogP contribution in [0.25, 0.3) is 11.3 Å². The van der Waals surface area contributed by atoms with E-state index in [2.05, 4.69) is 10.2 Å². The standard InChI is InChI=1S/C14H13FN2O3/c1-2-19-14(18)12-8-6-7-20-13-9(11(8)16-17-12)4-3-5-10(13)15/h3-5H,2,6-7H2,1H3,(H,16,17). The molecule has 104 valence electrons. The average Bonchev–Trinajstić information content (AvgIpc) is 2.76. The van der Waals surface area contributed by atoms with Crippen LogP contribution in [-0.4, -0.2) is 29.4 Å². The van der Waals surface area contributed by atoms with E-state index in [1.807, 2.05) is 0 Å². The van der Waals surface area contributed by atoms with Gasteiger partial charge in [0.1, 0.15) is 11.4 Å². The second kappa shape index (κ2) is 4.96. The molecule has 1 aliphatic rings. The van der Waals surface area contributed by atoms with Gasteiger partial charge in [-0.3, -0.25) is 5.10 Å². The summed E-state index contributed by atoms with van der Waals surface area (Å²) in [6, 6.07) is 4.65. The molecule has 5 nitrogen and oxygen atoms in total. The van der Waals surface area contributed by atoms with Crippen LogP contribution in [0.4, 0.5) is 4.39 Å². The first-order valence-corrected chi connectivity index (χ1v) is 6.38. The third kappa shape index (κ3) is 1.93. The monoisotopic (exact) mass is 276 g/mol. The maximum Gasteiger partial charge on any atom is 0.356 e. The SMILES string of the molecule is CCOC(=O)c1[nH]nc2c1CCOc1c(F)cccc1-2. The van der Waals surface area contributed by atoms with Gasteiger partial charge in [-0.2, -0.15) is 5.10 Å². The number of rotatable bonds is 2. The lowest BCUT2D eigenvalue weighted by molar-refractivity contribution is 0.0518. The van der Waals surface area contributed by atoms with Crippen LogP contribution in [0.5, 0.6) is 5.75 Å². The Hall–Kier alpha value is -2.37. The Morgan fingerprint density at radius 2 is 2.40 bits per heavy atom. The van der Waals surface area contributed by atoms with Crippen molar-refractivity contribution in [1.82, 2.24) is 10.2 Å². The predicted octanol–water partition coefficient (Wildman–Crippen LogP) is 2.33. The van der Waals surface area contributed by atoms with Crippen LogP contribution in [0, 0.1) is 5.82 Å². The molecule has 0 unspecified atom stereocenters. The highest BCUT2D eigenvalue weighted by atomic mass is 19.1. The van der Waals surface area contributed by atoms with E-state index in [4.69, 9.17) is 9.47 Å². The van der Waals surface area contributed by atoms with E-state index >= 15 is 0 Å². The summed E-state index contributed by atoms with van der Waals surface area (Å²) in [7, 11) is 0. The van der Waals surface area contributed by atoms with Crippen LogP contribution in [0.15, 0.2) is 18.2 Å². The minimum Gasteiger partial charge on any atom is -0.489 e. The van der Waals surface area contributed by atoms with E-state index in [0.29, 0.717) is 28.9 Å². The maximum atomic E-state index is 13.8. The van der Waals surface area contributed by atoms with Gasteiger partial charge in [-0.05, 0) is 19.1 Å². The van der Waals surface area contributed by atoms with Crippen molar-refractivity contribution < 1.29 is 18.7 Å². The number of esters is 1. The van der Waals surface area contributed by atoms with Gasteiger partial charge in [0.15, 0.2) is 11.6 Å². The number of hydrogen-bond acceptors (Lipinski definition) is 4. The van der Waals surface area contributed by atoms with Crippen molar-refractivity contribution in [3.8, 4) is 17.0 Å². The summed E-state index contributed by atoms with van der Waals surface area (Å²) in [5.41, 5.74) is 2.10. The number of para-hydroxylation sites is 1. The summed E-state index contributed by atoms with van der Waals surface area (Å²) in [6.45, 7) is 2.31. The van der Waals surface area contributed by atoms with Crippen LogP contribution < -0.4 is 4.74 Å². The van der Waals surface area contributed by atoms with Gasteiger partial charge < -0.3 is 9.47 Å². The zero-order chi connectivity index (χ0) is 14.1. The largest absolute Gasteiger partial charge is 0.489 e. The Bertz CT molecular complexity index is 666. The minimum absolute atomic E-state index is 0.174. The number of H-pyrrole nitrogens is 1. The molecule has 0 saturated carbocycles. The predicted molar refractivity (Wildman–Crippen MR) is 69.1 cm³/mol.